The number of sulfone groups is 1. The van der Waals surface area contributed by atoms with E-state index in [0.717, 1.165) is 49.6 Å². The largest absolute Gasteiger partial charge is 0.353 e. The molecule has 0 spiro atoms. The van der Waals surface area contributed by atoms with E-state index in [4.69, 9.17) is 17.2 Å². The van der Waals surface area contributed by atoms with E-state index in [1.165, 1.54) is 9.30 Å². The fraction of sp³-hybridized carbons (Fsp3) is 0.500. The van der Waals surface area contributed by atoms with E-state index in [9.17, 15) is 18.0 Å². The maximum atomic E-state index is 13.7. The second-order valence-electron chi connectivity index (χ2n) is 9.40. The van der Waals surface area contributed by atoms with Crippen molar-refractivity contribution in [1.29, 1.82) is 0 Å². The van der Waals surface area contributed by atoms with Crippen LogP contribution in [0.1, 0.15) is 50.2 Å². The van der Waals surface area contributed by atoms with Gasteiger partial charge in [-0.15, -0.1) is 0 Å². The third-order valence-electron chi connectivity index (χ3n) is 7.11. The fourth-order valence-electron chi connectivity index (χ4n) is 5.25. The molecule has 0 radical (unpaired) electrons. The molecule has 0 aromatic carbocycles. The zero-order valence-corrected chi connectivity index (χ0v) is 22.2. The maximum Gasteiger partial charge on any atom is 0.267 e. The first-order chi connectivity index (χ1) is 16.7. The monoisotopic (exact) mass is 532 g/mol. The summed E-state index contributed by atoms with van der Waals surface area (Å²) in [7, 11) is -3.17. The highest BCUT2D eigenvalue weighted by atomic mass is 32.2. The zero-order chi connectivity index (χ0) is 24.9. The summed E-state index contributed by atoms with van der Waals surface area (Å²) in [5.74, 6) is 0.237. The van der Waals surface area contributed by atoms with Gasteiger partial charge in [0.25, 0.3) is 11.5 Å². The van der Waals surface area contributed by atoms with Crippen molar-refractivity contribution >= 4 is 61.6 Å². The van der Waals surface area contributed by atoms with Crippen LogP contribution in [0.4, 0.5) is 5.82 Å². The molecule has 0 unspecified atom stereocenters. The molecule has 2 atom stereocenters. The maximum absolute atomic E-state index is 13.7. The molecule has 8 nitrogen and oxygen atoms in total. The number of carbonyl (C=O) groups excluding carboxylic acids is 1. The Hall–Kier alpha value is -2.24. The van der Waals surface area contributed by atoms with Crippen molar-refractivity contribution < 1.29 is 13.2 Å². The second-order valence-corrected chi connectivity index (χ2v) is 13.3. The molecule has 35 heavy (non-hydrogen) atoms. The summed E-state index contributed by atoms with van der Waals surface area (Å²) in [5, 5.41) is 0. The number of amides is 1. The van der Waals surface area contributed by atoms with Gasteiger partial charge in [-0.05, 0) is 56.7 Å². The van der Waals surface area contributed by atoms with Gasteiger partial charge in [-0.2, -0.15) is 0 Å². The van der Waals surface area contributed by atoms with E-state index in [2.05, 4.69) is 11.8 Å². The molecule has 186 valence electrons. The van der Waals surface area contributed by atoms with Gasteiger partial charge in [0.2, 0.25) is 0 Å². The van der Waals surface area contributed by atoms with Crippen LogP contribution in [-0.4, -0.2) is 63.1 Å². The van der Waals surface area contributed by atoms with Crippen LogP contribution in [0.5, 0.6) is 0 Å². The number of hydrogen-bond donors (Lipinski definition) is 0. The average Bonchev–Trinajstić information content (AvgIpc) is 3.32. The van der Waals surface area contributed by atoms with Crippen LogP contribution in [0.3, 0.4) is 0 Å². The van der Waals surface area contributed by atoms with Gasteiger partial charge >= 0.3 is 0 Å². The number of anilines is 1. The molecule has 11 heteroatoms. The number of fused-ring (bicyclic) bond motifs is 1. The number of aryl methyl sites for hydroxylation is 1. The van der Waals surface area contributed by atoms with Crippen LogP contribution < -0.4 is 10.5 Å². The van der Waals surface area contributed by atoms with Gasteiger partial charge in [0.15, 0.2) is 9.84 Å². The first kappa shape index (κ1) is 24.5. The summed E-state index contributed by atoms with van der Waals surface area (Å²) in [6.45, 7) is 4.87. The van der Waals surface area contributed by atoms with Gasteiger partial charge in [-0.1, -0.05) is 37.0 Å². The normalized spacial score (nSPS) is 25.8. The Balaban J connectivity index is 1.63. The van der Waals surface area contributed by atoms with E-state index in [1.54, 1.807) is 12.3 Å². The standard InChI is InChI=1S/C24H28N4O4S3/c1-3-16-8-4-5-10-26(16)21-18(22(29)27-11-6-7-15(2)20(27)25-21)13-19-23(30)28(24(33)34-19)17-9-12-35(31,32)14-17/h6-7,11,13,16-17H,3-5,8-10,12,14H2,1-2H3/b19-13-/t16-,17+/m0/s1. The van der Waals surface area contributed by atoms with Crippen LogP contribution in [0.25, 0.3) is 11.7 Å². The Morgan fingerprint density at radius 3 is 2.77 bits per heavy atom. The van der Waals surface area contributed by atoms with E-state index >= 15 is 0 Å². The quantitative estimate of drug-likeness (QED) is 0.438. The topological polar surface area (TPSA) is 92.1 Å². The van der Waals surface area contributed by atoms with Crippen molar-refractivity contribution in [3.05, 3.63) is 44.7 Å². The van der Waals surface area contributed by atoms with Crippen LogP contribution in [0.15, 0.2) is 28.0 Å². The number of carbonyl (C=O) groups is 1. The number of piperidine rings is 1. The van der Waals surface area contributed by atoms with Crippen LogP contribution >= 0.6 is 24.0 Å². The number of hydrogen-bond acceptors (Lipinski definition) is 8. The molecule has 0 bridgehead atoms. The predicted octanol–water partition coefficient (Wildman–Crippen LogP) is 3.16. The predicted molar refractivity (Wildman–Crippen MR) is 144 cm³/mol. The van der Waals surface area contributed by atoms with Crippen LogP contribution in [0, 0.1) is 6.92 Å². The van der Waals surface area contributed by atoms with Gasteiger partial charge in [0.1, 0.15) is 15.8 Å². The minimum absolute atomic E-state index is 0.0561. The molecule has 0 aliphatic carbocycles. The summed E-state index contributed by atoms with van der Waals surface area (Å²) in [6.07, 6.45) is 7.81. The molecule has 0 N–H and O–H groups in total. The van der Waals surface area contributed by atoms with E-state index < -0.39 is 15.9 Å². The Labute approximate surface area is 214 Å². The number of aromatic nitrogens is 2. The molecule has 1 amide bonds. The van der Waals surface area contributed by atoms with Crippen LogP contribution in [-0.2, 0) is 14.6 Å². The number of thiocarbonyl (C=S) groups is 1. The van der Waals surface area contributed by atoms with Crippen molar-refractivity contribution in [2.75, 3.05) is 23.0 Å². The van der Waals surface area contributed by atoms with E-state index in [-0.39, 0.29) is 29.0 Å². The molecule has 0 saturated carbocycles. The molecular formula is C24H28N4O4S3. The lowest BCUT2D eigenvalue weighted by atomic mass is 9.99. The van der Waals surface area contributed by atoms with Crippen LogP contribution in [0.2, 0.25) is 0 Å². The summed E-state index contributed by atoms with van der Waals surface area (Å²) < 4.78 is 25.9. The first-order valence-corrected chi connectivity index (χ1v) is 15.0. The third kappa shape index (κ3) is 4.42. The second kappa shape index (κ2) is 9.33. The highest BCUT2D eigenvalue weighted by Gasteiger charge is 2.42. The molecule has 5 rings (SSSR count). The fourth-order valence-corrected chi connectivity index (χ4v) is 8.34. The lowest BCUT2D eigenvalue weighted by Gasteiger charge is -2.37. The van der Waals surface area contributed by atoms with Gasteiger partial charge in [0, 0.05) is 18.8 Å². The zero-order valence-electron chi connectivity index (χ0n) is 19.8. The Morgan fingerprint density at radius 1 is 1.26 bits per heavy atom. The minimum atomic E-state index is -3.17. The minimum Gasteiger partial charge on any atom is -0.353 e. The van der Waals surface area contributed by atoms with E-state index in [0.29, 0.717) is 32.7 Å². The lowest BCUT2D eigenvalue weighted by molar-refractivity contribution is -0.123. The molecule has 3 saturated heterocycles. The molecule has 3 aliphatic rings. The van der Waals surface area contributed by atoms with Crippen molar-refractivity contribution in [3.63, 3.8) is 0 Å². The van der Waals surface area contributed by atoms with Gasteiger partial charge in [0.05, 0.1) is 28.0 Å². The Morgan fingerprint density at radius 2 is 2.06 bits per heavy atom. The first-order valence-electron chi connectivity index (χ1n) is 12.0. The van der Waals surface area contributed by atoms with Gasteiger partial charge < -0.3 is 4.90 Å². The van der Waals surface area contributed by atoms with Gasteiger partial charge in [-0.25, -0.2) is 13.4 Å². The van der Waals surface area contributed by atoms with Crippen molar-refractivity contribution in [1.82, 2.24) is 14.3 Å². The Kier molecular flexibility index (Phi) is 6.52. The van der Waals surface area contributed by atoms with Crippen molar-refractivity contribution in [2.45, 2.75) is 58.0 Å². The van der Waals surface area contributed by atoms with Crippen molar-refractivity contribution in [2.24, 2.45) is 0 Å². The van der Waals surface area contributed by atoms with E-state index in [1.807, 2.05) is 19.1 Å². The molecule has 2 aromatic rings. The summed E-state index contributed by atoms with van der Waals surface area (Å²) >= 11 is 6.59. The number of thioether (sulfide) groups is 1. The lowest BCUT2D eigenvalue weighted by Crippen LogP contribution is -2.41. The number of nitrogens with zero attached hydrogens (tertiary/aromatic N) is 4. The SMILES string of the molecule is CC[C@H]1CCCCN1c1nc2c(C)cccn2c(=O)c1/C=C1\SC(=S)N([C@@H]2CCS(=O)(=O)C2)C1=O. The molecule has 3 aliphatic heterocycles. The summed E-state index contributed by atoms with van der Waals surface area (Å²) in [5.41, 5.74) is 1.64. The number of pyridine rings is 1. The average molecular weight is 533 g/mol. The highest BCUT2D eigenvalue weighted by Crippen LogP contribution is 2.37. The van der Waals surface area contributed by atoms with Gasteiger partial charge in [-0.3, -0.25) is 18.9 Å². The van der Waals surface area contributed by atoms with Crippen molar-refractivity contribution in [3.8, 4) is 0 Å². The highest BCUT2D eigenvalue weighted by molar-refractivity contribution is 8.26. The third-order valence-corrected chi connectivity index (χ3v) is 10.2. The Bertz CT molecular complexity index is 1420. The smallest absolute Gasteiger partial charge is 0.267 e. The molecule has 3 fully saturated rings. The summed E-state index contributed by atoms with van der Waals surface area (Å²) in [6, 6.07) is 3.56. The molecule has 2 aromatic heterocycles. The number of rotatable bonds is 4. The molecular weight excluding hydrogens is 504 g/mol. The molecule has 5 heterocycles. The summed E-state index contributed by atoms with van der Waals surface area (Å²) in [4.78, 5) is 36.0.